The van der Waals surface area contributed by atoms with Crippen LogP contribution in [0.25, 0.3) is 0 Å². The molecule has 0 spiro atoms. The van der Waals surface area contributed by atoms with Crippen molar-refractivity contribution in [2.24, 2.45) is 0 Å². The SMILES string of the molecule is Cc1ccc(C)c(S(=O)(=O)N2CCC[C@H]2CNC(=O)C(=O)Nc2cccc(F)c2)c1. The standard InChI is InChI=1S/C21H24FN3O4S/c1-14-8-9-15(2)19(11-14)30(28,29)25-10-4-7-18(25)13-23-20(26)21(27)24-17-6-3-5-16(22)12-17/h3,5-6,8-9,11-12,18H,4,7,10,13H2,1-2H3,(H,23,26)(H,24,27)/t18-/m0/s1. The zero-order valence-electron chi connectivity index (χ0n) is 16.8. The van der Waals surface area contributed by atoms with Crippen LogP contribution in [0.3, 0.4) is 0 Å². The Morgan fingerprint density at radius 1 is 1.13 bits per heavy atom. The lowest BCUT2D eigenvalue weighted by Crippen LogP contribution is -2.45. The van der Waals surface area contributed by atoms with E-state index < -0.39 is 33.7 Å². The molecule has 0 aromatic heterocycles. The Hall–Kier alpha value is -2.78. The third-order valence-electron chi connectivity index (χ3n) is 5.04. The van der Waals surface area contributed by atoms with Crippen LogP contribution < -0.4 is 10.6 Å². The Labute approximate surface area is 175 Å². The fraction of sp³-hybridized carbons (Fsp3) is 0.333. The predicted octanol–water partition coefficient (Wildman–Crippen LogP) is 2.35. The summed E-state index contributed by atoms with van der Waals surface area (Å²) in [5.41, 5.74) is 1.66. The van der Waals surface area contributed by atoms with E-state index in [2.05, 4.69) is 10.6 Å². The normalized spacial score (nSPS) is 17.0. The van der Waals surface area contributed by atoms with Crippen LogP contribution in [0, 0.1) is 19.7 Å². The van der Waals surface area contributed by atoms with Gasteiger partial charge in [-0.2, -0.15) is 4.31 Å². The molecule has 1 aliphatic heterocycles. The Kier molecular flexibility index (Phi) is 6.52. The van der Waals surface area contributed by atoms with Crippen molar-refractivity contribution in [3.8, 4) is 0 Å². The second-order valence-electron chi connectivity index (χ2n) is 7.36. The first-order chi connectivity index (χ1) is 14.2. The molecule has 1 aliphatic rings. The number of halogens is 1. The molecule has 1 saturated heterocycles. The second kappa shape index (κ2) is 8.93. The summed E-state index contributed by atoms with van der Waals surface area (Å²) in [6.07, 6.45) is 1.25. The van der Waals surface area contributed by atoms with Crippen LogP contribution in [0.2, 0.25) is 0 Å². The summed E-state index contributed by atoms with van der Waals surface area (Å²) >= 11 is 0. The van der Waals surface area contributed by atoms with Crippen molar-refractivity contribution in [3.05, 3.63) is 59.4 Å². The van der Waals surface area contributed by atoms with E-state index in [-0.39, 0.29) is 17.1 Å². The Balaban J connectivity index is 1.65. The quantitative estimate of drug-likeness (QED) is 0.708. The molecule has 0 unspecified atom stereocenters. The van der Waals surface area contributed by atoms with Crippen LogP contribution in [0.1, 0.15) is 24.0 Å². The number of hydrogen-bond donors (Lipinski definition) is 2. The summed E-state index contributed by atoms with van der Waals surface area (Å²) in [5.74, 6) is -2.38. The van der Waals surface area contributed by atoms with Crippen LogP contribution in [-0.2, 0) is 19.6 Å². The van der Waals surface area contributed by atoms with Crippen molar-refractivity contribution >= 4 is 27.5 Å². The minimum atomic E-state index is -3.72. The van der Waals surface area contributed by atoms with Gasteiger partial charge in [0.1, 0.15) is 5.82 Å². The molecule has 0 saturated carbocycles. The number of aryl methyl sites for hydroxylation is 2. The number of carbonyl (C=O) groups is 2. The van der Waals surface area contributed by atoms with Crippen LogP contribution in [-0.4, -0.2) is 43.7 Å². The molecule has 160 valence electrons. The van der Waals surface area contributed by atoms with E-state index in [0.717, 1.165) is 11.6 Å². The van der Waals surface area contributed by atoms with Gasteiger partial charge in [0, 0.05) is 24.8 Å². The maximum atomic E-state index is 13.2. The van der Waals surface area contributed by atoms with Gasteiger partial charge in [0.2, 0.25) is 10.0 Å². The van der Waals surface area contributed by atoms with Crippen molar-refractivity contribution in [2.75, 3.05) is 18.4 Å². The Morgan fingerprint density at radius 3 is 2.63 bits per heavy atom. The molecular formula is C21H24FN3O4S. The molecular weight excluding hydrogens is 409 g/mol. The van der Waals surface area contributed by atoms with E-state index in [9.17, 15) is 22.4 Å². The first-order valence-electron chi connectivity index (χ1n) is 9.62. The van der Waals surface area contributed by atoms with Gasteiger partial charge >= 0.3 is 11.8 Å². The first kappa shape index (κ1) is 21.9. The Bertz CT molecular complexity index is 1070. The number of amides is 2. The summed E-state index contributed by atoms with van der Waals surface area (Å²) in [6.45, 7) is 3.94. The number of nitrogens with one attached hydrogen (secondary N) is 2. The van der Waals surface area contributed by atoms with Crippen molar-refractivity contribution in [2.45, 2.75) is 37.6 Å². The number of sulfonamides is 1. The molecule has 1 heterocycles. The highest BCUT2D eigenvalue weighted by Gasteiger charge is 2.36. The minimum Gasteiger partial charge on any atom is -0.346 e. The van der Waals surface area contributed by atoms with Crippen LogP contribution in [0.5, 0.6) is 0 Å². The number of carbonyl (C=O) groups excluding carboxylic acids is 2. The molecule has 30 heavy (non-hydrogen) atoms. The van der Waals surface area contributed by atoms with E-state index >= 15 is 0 Å². The maximum Gasteiger partial charge on any atom is 0.313 e. The van der Waals surface area contributed by atoms with Gasteiger partial charge in [-0.15, -0.1) is 0 Å². The summed E-state index contributed by atoms with van der Waals surface area (Å²) in [5, 5.41) is 4.80. The lowest BCUT2D eigenvalue weighted by molar-refractivity contribution is -0.136. The lowest BCUT2D eigenvalue weighted by Gasteiger charge is -2.25. The largest absolute Gasteiger partial charge is 0.346 e. The van der Waals surface area contributed by atoms with E-state index in [1.807, 2.05) is 13.0 Å². The molecule has 2 aromatic rings. The molecule has 2 amide bonds. The predicted molar refractivity (Wildman–Crippen MR) is 111 cm³/mol. The fourth-order valence-electron chi connectivity index (χ4n) is 3.49. The van der Waals surface area contributed by atoms with Gasteiger partial charge < -0.3 is 10.6 Å². The lowest BCUT2D eigenvalue weighted by atomic mass is 10.2. The maximum absolute atomic E-state index is 13.2. The molecule has 1 atom stereocenters. The molecule has 2 aromatic carbocycles. The highest BCUT2D eigenvalue weighted by molar-refractivity contribution is 7.89. The zero-order chi connectivity index (χ0) is 21.9. The zero-order valence-corrected chi connectivity index (χ0v) is 17.6. The van der Waals surface area contributed by atoms with Crippen molar-refractivity contribution in [1.29, 1.82) is 0 Å². The summed E-state index contributed by atoms with van der Waals surface area (Å²) in [4.78, 5) is 24.4. The van der Waals surface area contributed by atoms with Crippen LogP contribution in [0.4, 0.5) is 10.1 Å². The fourth-order valence-corrected chi connectivity index (χ4v) is 5.49. The van der Waals surface area contributed by atoms with Gasteiger partial charge in [0.25, 0.3) is 0 Å². The van der Waals surface area contributed by atoms with E-state index in [4.69, 9.17) is 0 Å². The highest BCUT2D eigenvalue weighted by Crippen LogP contribution is 2.28. The molecule has 9 heteroatoms. The number of rotatable bonds is 5. The van der Waals surface area contributed by atoms with Gasteiger partial charge in [-0.1, -0.05) is 18.2 Å². The molecule has 0 radical (unpaired) electrons. The summed E-state index contributed by atoms with van der Waals surface area (Å²) in [7, 11) is -3.72. The second-order valence-corrected chi connectivity index (χ2v) is 9.21. The van der Waals surface area contributed by atoms with Crippen LogP contribution >= 0.6 is 0 Å². The monoisotopic (exact) mass is 433 g/mol. The van der Waals surface area contributed by atoms with Gasteiger partial charge in [-0.25, -0.2) is 12.8 Å². The third kappa shape index (κ3) is 4.85. The third-order valence-corrected chi connectivity index (χ3v) is 7.13. The van der Waals surface area contributed by atoms with Gasteiger partial charge in [-0.05, 0) is 62.1 Å². The smallest absolute Gasteiger partial charge is 0.313 e. The van der Waals surface area contributed by atoms with E-state index in [0.29, 0.717) is 24.9 Å². The molecule has 0 aliphatic carbocycles. The van der Waals surface area contributed by atoms with Gasteiger partial charge in [0.15, 0.2) is 0 Å². The van der Waals surface area contributed by atoms with Crippen molar-refractivity contribution < 1.29 is 22.4 Å². The first-order valence-corrected chi connectivity index (χ1v) is 11.1. The number of nitrogens with zero attached hydrogens (tertiary/aromatic N) is 1. The average molecular weight is 434 g/mol. The number of hydrogen-bond acceptors (Lipinski definition) is 4. The molecule has 7 nitrogen and oxygen atoms in total. The van der Waals surface area contributed by atoms with Gasteiger partial charge in [-0.3, -0.25) is 9.59 Å². The van der Waals surface area contributed by atoms with E-state index in [1.165, 1.54) is 22.5 Å². The molecule has 0 bridgehead atoms. The number of benzene rings is 2. The van der Waals surface area contributed by atoms with Crippen molar-refractivity contribution in [3.63, 3.8) is 0 Å². The summed E-state index contributed by atoms with van der Waals surface area (Å²) < 4.78 is 40.9. The number of anilines is 1. The molecule has 3 rings (SSSR count). The minimum absolute atomic E-state index is 0.0134. The van der Waals surface area contributed by atoms with Gasteiger partial charge in [0.05, 0.1) is 4.90 Å². The Morgan fingerprint density at radius 2 is 1.90 bits per heavy atom. The highest BCUT2D eigenvalue weighted by atomic mass is 32.2. The molecule has 1 fully saturated rings. The molecule has 2 N–H and O–H groups in total. The van der Waals surface area contributed by atoms with Crippen LogP contribution in [0.15, 0.2) is 47.4 Å². The summed E-state index contributed by atoms with van der Waals surface area (Å²) in [6, 6.07) is 10.0. The topological polar surface area (TPSA) is 95.6 Å². The van der Waals surface area contributed by atoms with E-state index in [1.54, 1.807) is 19.1 Å². The average Bonchev–Trinajstić information content (AvgIpc) is 3.17. The van der Waals surface area contributed by atoms with Crippen molar-refractivity contribution in [1.82, 2.24) is 9.62 Å².